The van der Waals surface area contributed by atoms with Crippen LogP contribution in [0.25, 0.3) is 0 Å². The van der Waals surface area contributed by atoms with Crippen molar-refractivity contribution in [1.29, 1.82) is 0 Å². The Kier molecular flexibility index (Phi) is 4.99. The van der Waals surface area contributed by atoms with Crippen molar-refractivity contribution in [1.82, 2.24) is 0 Å². The lowest BCUT2D eigenvalue weighted by atomic mass is 9.81. The van der Waals surface area contributed by atoms with Crippen molar-refractivity contribution >= 4 is 11.8 Å². The van der Waals surface area contributed by atoms with Crippen LogP contribution in [-0.2, 0) is 20.7 Å². The molecule has 4 heteroatoms. The van der Waals surface area contributed by atoms with Crippen LogP contribution in [0.1, 0.15) is 26.3 Å². The summed E-state index contributed by atoms with van der Waals surface area (Å²) in [4.78, 5) is 24.7. The molecule has 21 heavy (non-hydrogen) atoms. The SMILES string of the molecule is CCOC(=O)C(C(=O)C1COc2ccccc2C1)C(C)C. The first kappa shape index (κ1) is 15.5. The van der Waals surface area contributed by atoms with Crippen molar-refractivity contribution in [2.75, 3.05) is 13.2 Å². The fourth-order valence-electron chi connectivity index (χ4n) is 2.71. The van der Waals surface area contributed by atoms with Crippen LogP contribution < -0.4 is 4.74 Å². The van der Waals surface area contributed by atoms with E-state index in [9.17, 15) is 9.59 Å². The van der Waals surface area contributed by atoms with E-state index in [4.69, 9.17) is 9.47 Å². The number of hydrogen-bond acceptors (Lipinski definition) is 4. The number of carbonyl (C=O) groups is 2. The Morgan fingerprint density at radius 1 is 1.33 bits per heavy atom. The number of para-hydroxylation sites is 1. The van der Waals surface area contributed by atoms with E-state index in [1.54, 1.807) is 6.92 Å². The van der Waals surface area contributed by atoms with Gasteiger partial charge in [-0.2, -0.15) is 0 Å². The van der Waals surface area contributed by atoms with Crippen LogP contribution in [0.4, 0.5) is 0 Å². The van der Waals surface area contributed by atoms with Crippen molar-refractivity contribution in [3.63, 3.8) is 0 Å². The monoisotopic (exact) mass is 290 g/mol. The summed E-state index contributed by atoms with van der Waals surface area (Å²) in [6, 6.07) is 7.71. The van der Waals surface area contributed by atoms with Gasteiger partial charge in [-0.05, 0) is 30.9 Å². The molecule has 0 saturated carbocycles. The van der Waals surface area contributed by atoms with Gasteiger partial charge in [0.05, 0.1) is 19.1 Å². The Hall–Kier alpha value is -1.84. The zero-order valence-corrected chi connectivity index (χ0v) is 12.8. The second-order valence-electron chi connectivity index (χ2n) is 5.70. The summed E-state index contributed by atoms with van der Waals surface area (Å²) in [5.41, 5.74) is 1.02. The fourth-order valence-corrected chi connectivity index (χ4v) is 2.71. The van der Waals surface area contributed by atoms with Crippen LogP contribution in [-0.4, -0.2) is 25.0 Å². The molecule has 0 bridgehead atoms. The summed E-state index contributed by atoms with van der Waals surface area (Å²) >= 11 is 0. The Bertz CT molecular complexity index is 521. The normalized spacial score (nSPS) is 18.6. The van der Waals surface area contributed by atoms with Gasteiger partial charge in [-0.25, -0.2) is 0 Å². The number of benzene rings is 1. The summed E-state index contributed by atoms with van der Waals surface area (Å²) in [7, 11) is 0. The van der Waals surface area contributed by atoms with Gasteiger partial charge in [0.25, 0.3) is 0 Å². The molecule has 0 N–H and O–H groups in total. The molecule has 1 aromatic rings. The molecule has 0 radical (unpaired) electrons. The van der Waals surface area contributed by atoms with Crippen LogP contribution in [0.5, 0.6) is 5.75 Å². The number of ketones is 1. The van der Waals surface area contributed by atoms with Gasteiger partial charge in [0.2, 0.25) is 0 Å². The van der Waals surface area contributed by atoms with Gasteiger partial charge in [-0.1, -0.05) is 32.0 Å². The minimum Gasteiger partial charge on any atom is -0.493 e. The van der Waals surface area contributed by atoms with Crippen molar-refractivity contribution in [2.45, 2.75) is 27.2 Å². The standard InChI is InChI=1S/C17H22O4/c1-4-20-17(19)15(11(2)3)16(18)13-9-12-7-5-6-8-14(12)21-10-13/h5-8,11,13,15H,4,9-10H2,1-3H3. The molecule has 1 aliphatic heterocycles. The lowest BCUT2D eigenvalue weighted by Gasteiger charge is -2.28. The smallest absolute Gasteiger partial charge is 0.316 e. The number of hydrogen-bond donors (Lipinski definition) is 0. The highest BCUT2D eigenvalue weighted by molar-refractivity contribution is 6.00. The molecule has 2 atom stereocenters. The average molecular weight is 290 g/mol. The van der Waals surface area contributed by atoms with Gasteiger partial charge >= 0.3 is 5.97 Å². The van der Waals surface area contributed by atoms with E-state index in [-0.39, 0.29) is 17.6 Å². The van der Waals surface area contributed by atoms with E-state index in [1.807, 2.05) is 38.1 Å². The number of Topliss-reactive ketones (excluding diaryl/α,β-unsaturated/α-hetero) is 1. The second-order valence-corrected chi connectivity index (χ2v) is 5.70. The zero-order chi connectivity index (χ0) is 15.4. The fraction of sp³-hybridized carbons (Fsp3) is 0.529. The van der Waals surface area contributed by atoms with Gasteiger partial charge in [0.15, 0.2) is 5.78 Å². The Morgan fingerprint density at radius 3 is 2.71 bits per heavy atom. The summed E-state index contributed by atoms with van der Waals surface area (Å²) < 4.78 is 10.7. The van der Waals surface area contributed by atoms with Crippen molar-refractivity contribution in [2.24, 2.45) is 17.8 Å². The molecule has 0 saturated heterocycles. The topological polar surface area (TPSA) is 52.6 Å². The predicted octanol–water partition coefficient (Wildman–Crippen LogP) is 2.64. The average Bonchev–Trinajstić information content (AvgIpc) is 2.46. The summed E-state index contributed by atoms with van der Waals surface area (Å²) in [5, 5.41) is 0. The van der Waals surface area contributed by atoms with Crippen LogP contribution in [0.2, 0.25) is 0 Å². The lowest BCUT2D eigenvalue weighted by molar-refractivity contribution is -0.154. The molecule has 4 nitrogen and oxygen atoms in total. The molecule has 0 spiro atoms. The molecule has 0 aliphatic carbocycles. The van der Waals surface area contributed by atoms with Gasteiger partial charge in [-0.15, -0.1) is 0 Å². The van der Waals surface area contributed by atoms with Crippen LogP contribution in [0.3, 0.4) is 0 Å². The molecule has 0 fully saturated rings. The molecule has 0 amide bonds. The number of ether oxygens (including phenoxy) is 2. The first-order valence-electron chi connectivity index (χ1n) is 7.45. The highest BCUT2D eigenvalue weighted by Crippen LogP contribution is 2.30. The molecule has 1 heterocycles. The van der Waals surface area contributed by atoms with Crippen molar-refractivity contribution in [3.8, 4) is 5.75 Å². The molecular formula is C17H22O4. The van der Waals surface area contributed by atoms with E-state index >= 15 is 0 Å². The first-order chi connectivity index (χ1) is 10.0. The third-order valence-corrected chi connectivity index (χ3v) is 3.80. The third kappa shape index (κ3) is 3.43. The number of rotatable bonds is 5. The Morgan fingerprint density at radius 2 is 2.05 bits per heavy atom. The van der Waals surface area contributed by atoms with Gasteiger partial charge in [0, 0.05) is 0 Å². The minimum atomic E-state index is -0.705. The number of carbonyl (C=O) groups excluding carboxylic acids is 2. The van der Waals surface area contributed by atoms with Crippen LogP contribution in [0.15, 0.2) is 24.3 Å². The maximum atomic E-state index is 12.7. The second kappa shape index (κ2) is 6.74. The maximum absolute atomic E-state index is 12.7. The van der Waals surface area contributed by atoms with Crippen molar-refractivity contribution < 1.29 is 19.1 Å². The van der Waals surface area contributed by atoms with Crippen molar-refractivity contribution in [3.05, 3.63) is 29.8 Å². The minimum absolute atomic E-state index is 0.0713. The molecule has 2 rings (SSSR count). The molecule has 114 valence electrons. The molecule has 1 aliphatic rings. The molecule has 2 unspecified atom stereocenters. The highest BCUT2D eigenvalue weighted by atomic mass is 16.5. The third-order valence-electron chi connectivity index (χ3n) is 3.80. The quantitative estimate of drug-likeness (QED) is 0.618. The largest absolute Gasteiger partial charge is 0.493 e. The van der Waals surface area contributed by atoms with Gasteiger partial charge in [0.1, 0.15) is 11.7 Å². The van der Waals surface area contributed by atoms with Crippen LogP contribution in [0, 0.1) is 17.8 Å². The van der Waals surface area contributed by atoms with E-state index in [2.05, 4.69) is 0 Å². The molecular weight excluding hydrogens is 268 g/mol. The van der Waals surface area contributed by atoms with E-state index in [1.165, 1.54) is 0 Å². The zero-order valence-electron chi connectivity index (χ0n) is 12.8. The summed E-state index contributed by atoms with van der Waals surface area (Å²) in [6.45, 7) is 6.12. The Balaban J connectivity index is 2.14. The number of fused-ring (bicyclic) bond motifs is 1. The number of esters is 1. The molecule has 0 aromatic heterocycles. The lowest BCUT2D eigenvalue weighted by Crippen LogP contribution is -2.39. The summed E-state index contributed by atoms with van der Waals surface area (Å²) in [6.07, 6.45) is 0.623. The van der Waals surface area contributed by atoms with Gasteiger partial charge < -0.3 is 9.47 Å². The molecule has 1 aromatic carbocycles. The predicted molar refractivity (Wildman–Crippen MR) is 79.1 cm³/mol. The van der Waals surface area contributed by atoms with Crippen LogP contribution >= 0.6 is 0 Å². The summed E-state index contributed by atoms with van der Waals surface area (Å²) in [5.74, 6) is -0.720. The highest BCUT2D eigenvalue weighted by Gasteiger charge is 2.37. The van der Waals surface area contributed by atoms with E-state index in [0.29, 0.717) is 19.6 Å². The maximum Gasteiger partial charge on any atom is 0.316 e. The Labute approximate surface area is 125 Å². The first-order valence-corrected chi connectivity index (χ1v) is 7.45. The van der Waals surface area contributed by atoms with E-state index < -0.39 is 11.9 Å². The van der Waals surface area contributed by atoms with E-state index in [0.717, 1.165) is 11.3 Å². The van der Waals surface area contributed by atoms with Gasteiger partial charge in [-0.3, -0.25) is 9.59 Å².